The Labute approximate surface area is 225 Å². The van der Waals surface area contributed by atoms with Crippen LogP contribution in [0, 0.1) is 17.8 Å². The first-order chi connectivity index (χ1) is 18.3. The molecule has 0 spiro atoms. The van der Waals surface area contributed by atoms with E-state index in [2.05, 4.69) is 27.4 Å². The number of hydrogen-bond donors (Lipinski definition) is 0. The summed E-state index contributed by atoms with van der Waals surface area (Å²) in [7, 11) is 0. The number of rotatable bonds is 12. The van der Waals surface area contributed by atoms with Crippen molar-refractivity contribution in [2.45, 2.75) is 71.8 Å². The predicted octanol–water partition coefficient (Wildman–Crippen LogP) is 7.26. The van der Waals surface area contributed by atoms with E-state index < -0.39 is 12.1 Å². The van der Waals surface area contributed by atoms with Crippen molar-refractivity contribution in [2.24, 2.45) is 17.8 Å². The molecular weight excluding hydrogens is 484 g/mol. The van der Waals surface area contributed by atoms with Crippen molar-refractivity contribution in [1.29, 1.82) is 0 Å². The van der Waals surface area contributed by atoms with Gasteiger partial charge in [-0.15, -0.1) is 0 Å². The highest BCUT2D eigenvalue weighted by molar-refractivity contribution is 5.96. The van der Waals surface area contributed by atoms with Crippen LogP contribution < -0.4 is 4.74 Å². The van der Waals surface area contributed by atoms with Gasteiger partial charge in [0.15, 0.2) is 0 Å². The highest BCUT2D eigenvalue weighted by Crippen LogP contribution is 2.36. The second kappa shape index (κ2) is 14.6. The molecule has 7 heteroatoms. The average molecular weight is 525 g/mol. The summed E-state index contributed by atoms with van der Waals surface area (Å²) < 4.78 is 21.4. The summed E-state index contributed by atoms with van der Waals surface area (Å²) in [4.78, 5) is 36.0. The van der Waals surface area contributed by atoms with Gasteiger partial charge in [0, 0.05) is 6.08 Å². The maximum atomic E-state index is 13.0. The van der Waals surface area contributed by atoms with Crippen LogP contribution in [0.2, 0.25) is 0 Å². The van der Waals surface area contributed by atoms with Gasteiger partial charge in [0.1, 0.15) is 11.9 Å². The van der Waals surface area contributed by atoms with E-state index >= 15 is 0 Å². The van der Waals surface area contributed by atoms with Crippen LogP contribution in [0.1, 0.15) is 76.1 Å². The molecule has 0 N–H and O–H groups in total. The van der Waals surface area contributed by atoms with E-state index in [1.165, 1.54) is 6.42 Å². The Morgan fingerprint density at radius 1 is 0.947 bits per heavy atom. The summed E-state index contributed by atoms with van der Waals surface area (Å²) in [6.45, 7) is 10.6. The van der Waals surface area contributed by atoms with Crippen LogP contribution in [-0.2, 0) is 19.0 Å². The summed E-state index contributed by atoms with van der Waals surface area (Å²) in [5, 5.41) is 1.70. The van der Waals surface area contributed by atoms with Crippen LogP contribution in [0.15, 0.2) is 49.1 Å². The third kappa shape index (κ3) is 8.89. The molecule has 3 rings (SSSR count). The molecule has 0 heterocycles. The van der Waals surface area contributed by atoms with E-state index in [-0.39, 0.29) is 18.7 Å². The molecule has 38 heavy (non-hydrogen) atoms. The summed E-state index contributed by atoms with van der Waals surface area (Å²) >= 11 is 0. The van der Waals surface area contributed by atoms with Gasteiger partial charge in [0.2, 0.25) is 0 Å². The Hall–Kier alpha value is -3.35. The minimum Gasteiger partial charge on any atom is -0.463 e. The van der Waals surface area contributed by atoms with Crippen molar-refractivity contribution >= 4 is 28.9 Å². The Kier molecular flexibility index (Phi) is 11.2. The first-order valence-electron chi connectivity index (χ1n) is 13.7. The first-order valence-corrected chi connectivity index (χ1v) is 13.7. The summed E-state index contributed by atoms with van der Waals surface area (Å²) in [6, 6.07) is 10.6. The molecule has 0 amide bonds. The van der Waals surface area contributed by atoms with E-state index in [1.54, 1.807) is 18.2 Å². The predicted molar refractivity (Wildman–Crippen MR) is 146 cm³/mol. The molecule has 3 unspecified atom stereocenters. The van der Waals surface area contributed by atoms with Crippen LogP contribution in [0.25, 0.3) is 10.8 Å². The molecule has 7 nitrogen and oxygen atoms in total. The number of ether oxygens (including phenoxy) is 4. The monoisotopic (exact) mass is 524 g/mol. The zero-order valence-corrected chi connectivity index (χ0v) is 22.8. The van der Waals surface area contributed by atoms with Crippen molar-refractivity contribution in [3.63, 3.8) is 0 Å². The minimum absolute atomic E-state index is 0.0502. The molecular formula is C31H40O7. The van der Waals surface area contributed by atoms with E-state index in [1.807, 2.05) is 18.2 Å². The molecule has 2 aromatic carbocycles. The number of benzene rings is 2. The highest BCUT2D eigenvalue weighted by atomic mass is 16.7. The normalized spacial score (nSPS) is 19.1. The van der Waals surface area contributed by atoms with Gasteiger partial charge in [-0.1, -0.05) is 45.9 Å². The van der Waals surface area contributed by atoms with Crippen LogP contribution in [0.5, 0.6) is 5.75 Å². The van der Waals surface area contributed by atoms with Crippen LogP contribution >= 0.6 is 0 Å². The van der Waals surface area contributed by atoms with Gasteiger partial charge in [-0.2, -0.15) is 0 Å². The van der Waals surface area contributed by atoms with Gasteiger partial charge in [-0.05, 0) is 91.3 Å². The smallest absolute Gasteiger partial charge is 0.463 e. The first kappa shape index (κ1) is 29.2. The Morgan fingerprint density at radius 2 is 1.63 bits per heavy atom. The standard InChI is InChI=1S/C31H40O7/c1-5-29(32)35-16-8-6-7-9-17-36-31(34)37-26-14-13-23-19-25(12-11-24(23)20-26)30(33)38-28-18-22(4)10-15-27(28)21(2)3/h5,11-14,19-22,27-28H,1,6-10,15-18H2,2-4H3. The molecule has 2 aromatic rings. The lowest BCUT2D eigenvalue weighted by Crippen LogP contribution is -2.35. The molecule has 1 aliphatic carbocycles. The van der Waals surface area contributed by atoms with Gasteiger partial charge in [0.05, 0.1) is 18.8 Å². The quantitative estimate of drug-likeness (QED) is 0.0949. The third-order valence-corrected chi connectivity index (χ3v) is 7.14. The van der Waals surface area contributed by atoms with Crippen LogP contribution in [0.3, 0.4) is 0 Å². The molecule has 0 aromatic heterocycles. The molecule has 0 aliphatic heterocycles. The Balaban J connectivity index is 1.46. The van der Waals surface area contributed by atoms with Crippen molar-refractivity contribution in [1.82, 2.24) is 0 Å². The maximum Gasteiger partial charge on any atom is 0.513 e. The van der Waals surface area contributed by atoms with Crippen molar-refractivity contribution in [3.05, 3.63) is 54.6 Å². The number of carbonyl (C=O) groups is 3. The lowest BCUT2D eigenvalue weighted by Gasteiger charge is -2.36. The molecule has 0 radical (unpaired) electrons. The number of fused-ring (bicyclic) bond motifs is 1. The van der Waals surface area contributed by atoms with Crippen molar-refractivity contribution in [2.75, 3.05) is 13.2 Å². The number of unbranched alkanes of at least 4 members (excludes halogenated alkanes) is 3. The van der Waals surface area contributed by atoms with Crippen molar-refractivity contribution < 1.29 is 33.3 Å². The largest absolute Gasteiger partial charge is 0.513 e. The zero-order chi connectivity index (χ0) is 27.5. The fourth-order valence-corrected chi connectivity index (χ4v) is 4.94. The Morgan fingerprint density at radius 3 is 2.34 bits per heavy atom. The van der Waals surface area contributed by atoms with Gasteiger partial charge in [0.25, 0.3) is 0 Å². The van der Waals surface area contributed by atoms with Crippen LogP contribution in [0.4, 0.5) is 4.79 Å². The molecule has 0 saturated heterocycles. The lowest BCUT2D eigenvalue weighted by molar-refractivity contribution is -0.137. The van der Waals surface area contributed by atoms with Gasteiger partial charge < -0.3 is 18.9 Å². The highest BCUT2D eigenvalue weighted by Gasteiger charge is 2.33. The Bertz CT molecular complexity index is 1110. The SMILES string of the molecule is C=CC(=O)OCCCCCCOC(=O)Oc1ccc2cc(C(=O)OC3CC(C)CCC3C(C)C)ccc2c1. The molecule has 1 aliphatic rings. The van der Waals surface area contributed by atoms with E-state index in [0.717, 1.165) is 49.0 Å². The van der Waals surface area contributed by atoms with Crippen molar-refractivity contribution in [3.8, 4) is 5.75 Å². The average Bonchev–Trinajstić information content (AvgIpc) is 2.89. The summed E-state index contributed by atoms with van der Waals surface area (Å²) in [6.07, 6.45) is 6.67. The lowest BCUT2D eigenvalue weighted by atomic mass is 9.75. The van der Waals surface area contributed by atoms with E-state index in [9.17, 15) is 14.4 Å². The summed E-state index contributed by atoms with van der Waals surface area (Å²) in [5.74, 6) is 1.09. The summed E-state index contributed by atoms with van der Waals surface area (Å²) in [5.41, 5.74) is 0.519. The topological polar surface area (TPSA) is 88.1 Å². The van der Waals surface area contributed by atoms with Gasteiger partial charge in [-0.25, -0.2) is 14.4 Å². The van der Waals surface area contributed by atoms with Gasteiger partial charge in [-0.3, -0.25) is 0 Å². The molecule has 206 valence electrons. The fraction of sp³-hybridized carbons (Fsp3) is 0.516. The van der Waals surface area contributed by atoms with Crippen LogP contribution in [-0.4, -0.2) is 37.4 Å². The number of esters is 2. The fourth-order valence-electron chi connectivity index (χ4n) is 4.94. The van der Waals surface area contributed by atoms with Gasteiger partial charge >= 0.3 is 18.1 Å². The minimum atomic E-state index is -0.758. The molecule has 3 atom stereocenters. The third-order valence-electron chi connectivity index (χ3n) is 7.14. The molecule has 1 saturated carbocycles. The molecule has 1 fully saturated rings. The number of carbonyl (C=O) groups excluding carboxylic acids is 3. The number of hydrogen-bond acceptors (Lipinski definition) is 7. The molecule has 0 bridgehead atoms. The zero-order valence-electron chi connectivity index (χ0n) is 22.8. The second-order valence-corrected chi connectivity index (χ2v) is 10.5. The maximum absolute atomic E-state index is 13.0. The van der Waals surface area contributed by atoms with E-state index in [4.69, 9.17) is 18.9 Å². The second-order valence-electron chi connectivity index (χ2n) is 10.5. The van der Waals surface area contributed by atoms with E-state index in [0.29, 0.717) is 42.1 Å².